The second kappa shape index (κ2) is 11.1. The SMILES string of the molecule is O=C(CCN1CCSC1=O)Nc1ccc(S(=O)(=O)NCCCN2CCOCC2)cc1. The average Bonchev–Trinajstić information content (AvgIpc) is 3.16. The molecule has 3 rings (SSSR count). The van der Waals surface area contributed by atoms with Gasteiger partial charge in [0.2, 0.25) is 15.9 Å². The summed E-state index contributed by atoms with van der Waals surface area (Å²) in [6, 6.07) is 6.08. The number of thioether (sulfide) groups is 1. The summed E-state index contributed by atoms with van der Waals surface area (Å²) in [5.41, 5.74) is 0.522. The van der Waals surface area contributed by atoms with Gasteiger partial charge in [-0.25, -0.2) is 13.1 Å². The van der Waals surface area contributed by atoms with Crippen molar-refractivity contribution in [3.63, 3.8) is 0 Å². The molecule has 1 aromatic carbocycles. The van der Waals surface area contributed by atoms with Crippen molar-refractivity contribution in [2.24, 2.45) is 0 Å². The van der Waals surface area contributed by atoms with Crippen LogP contribution >= 0.6 is 11.8 Å². The number of morpholine rings is 1. The van der Waals surface area contributed by atoms with E-state index >= 15 is 0 Å². The minimum absolute atomic E-state index is 0.00908. The molecule has 0 aromatic heterocycles. The van der Waals surface area contributed by atoms with E-state index in [1.54, 1.807) is 17.0 Å². The number of ether oxygens (including phenoxy) is 1. The van der Waals surface area contributed by atoms with Crippen molar-refractivity contribution in [2.45, 2.75) is 17.7 Å². The molecule has 30 heavy (non-hydrogen) atoms. The number of hydrogen-bond acceptors (Lipinski definition) is 7. The van der Waals surface area contributed by atoms with Gasteiger partial charge in [0.15, 0.2) is 0 Å². The molecule has 0 atom stereocenters. The van der Waals surface area contributed by atoms with Crippen molar-refractivity contribution in [3.05, 3.63) is 24.3 Å². The van der Waals surface area contributed by atoms with Crippen molar-refractivity contribution in [1.82, 2.24) is 14.5 Å². The fraction of sp³-hybridized carbons (Fsp3) is 0.579. The Bertz CT molecular complexity index is 826. The van der Waals surface area contributed by atoms with Gasteiger partial charge in [0.1, 0.15) is 0 Å². The highest BCUT2D eigenvalue weighted by atomic mass is 32.2. The third-order valence-corrected chi connectivity index (χ3v) is 7.32. The molecule has 0 unspecified atom stereocenters. The Kier molecular flexibility index (Phi) is 8.51. The van der Waals surface area contributed by atoms with E-state index in [0.717, 1.165) is 45.0 Å². The van der Waals surface area contributed by atoms with Gasteiger partial charge in [-0.15, -0.1) is 0 Å². The van der Waals surface area contributed by atoms with Gasteiger partial charge in [-0.05, 0) is 37.2 Å². The lowest BCUT2D eigenvalue weighted by atomic mass is 10.3. The van der Waals surface area contributed by atoms with Crippen molar-refractivity contribution >= 4 is 38.6 Å². The van der Waals surface area contributed by atoms with Gasteiger partial charge < -0.3 is 15.0 Å². The molecule has 2 saturated heterocycles. The van der Waals surface area contributed by atoms with Crippen LogP contribution in [0.1, 0.15) is 12.8 Å². The van der Waals surface area contributed by atoms with Crippen LogP contribution in [0.5, 0.6) is 0 Å². The number of carbonyl (C=O) groups is 2. The molecule has 166 valence electrons. The largest absolute Gasteiger partial charge is 0.379 e. The lowest BCUT2D eigenvalue weighted by Crippen LogP contribution is -2.38. The molecule has 0 radical (unpaired) electrons. The van der Waals surface area contributed by atoms with E-state index in [0.29, 0.717) is 25.3 Å². The maximum Gasteiger partial charge on any atom is 0.281 e. The van der Waals surface area contributed by atoms with Crippen LogP contribution in [0.2, 0.25) is 0 Å². The number of rotatable bonds is 10. The van der Waals surface area contributed by atoms with Gasteiger partial charge in [-0.1, -0.05) is 11.8 Å². The first-order chi connectivity index (χ1) is 14.4. The third-order valence-electron chi connectivity index (χ3n) is 4.95. The van der Waals surface area contributed by atoms with Gasteiger partial charge in [0.05, 0.1) is 18.1 Å². The molecule has 0 aliphatic carbocycles. The molecule has 2 aliphatic rings. The summed E-state index contributed by atoms with van der Waals surface area (Å²) >= 11 is 1.26. The first kappa shape index (κ1) is 23.0. The Labute approximate surface area is 181 Å². The highest BCUT2D eigenvalue weighted by molar-refractivity contribution is 8.13. The minimum Gasteiger partial charge on any atom is -0.379 e. The van der Waals surface area contributed by atoms with E-state index < -0.39 is 10.0 Å². The zero-order chi connectivity index (χ0) is 21.4. The molecule has 11 heteroatoms. The molecule has 0 bridgehead atoms. The van der Waals surface area contributed by atoms with E-state index in [1.165, 1.54) is 23.9 Å². The van der Waals surface area contributed by atoms with Crippen LogP contribution in [0.15, 0.2) is 29.2 Å². The van der Waals surface area contributed by atoms with Crippen LogP contribution in [-0.2, 0) is 19.6 Å². The molecule has 0 saturated carbocycles. The minimum atomic E-state index is -3.59. The smallest absolute Gasteiger partial charge is 0.281 e. The summed E-state index contributed by atoms with van der Waals surface area (Å²) in [7, 11) is -3.59. The lowest BCUT2D eigenvalue weighted by molar-refractivity contribution is -0.116. The first-order valence-corrected chi connectivity index (χ1v) is 12.5. The molecule has 2 heterocycles. The van der Waals surface area contributed by atoms with Gasteiger partial charge >= 0.3 is 0 Å². The predicted octanol–water partition coefficient (Wildman–Crippen LogP) is 1.18. The standard InChI is InChI=1S/C19H28N4O5S2/c24-18(6-9-23-12-15-29-19(23)25)21-16-2-4-17(5-3-16)30(26,27)20-7-1-8-22-10-13-28-14-11-22/h2-5,20H,1,6-15H2,(H,21,24). The molecule has 0 spiro atoms. The lowest BCUT2D eigenvalue weighted by Gasteiger charge is -2.26. The number of nitrogens with zero attached hydrogens (tertiary/aromatic N) is 2. The second-order valence-corrected chi connectivity index (χ2v) is 9.94. The number of carbonyl (C=O) groups excluding carboxylic acids is 2. The molecular formula is C19H28N4O5S2. The monoisotopic (exact) mass is 456 g/mol. The van der Waals surface area contributed by atoms with Crippen LogP contribution in [0.3, 0.4) is 0 Å². The van der Waals surface area contributed by atoms with Crippen LogP contribution < -0.4 is 10.0 Å². The van der Waals surface area contributed by atoms with E-state index in [-0.39, 0.29) is 22.5 Å². The van der Waals surface area contributed by atoms with Gasteiger partial charge in [0.25, 0.3) is 5.24 Å². The average molecular weight is 457 g/mol. The van der Waals surface area contributed by atoms with Crippen LogP contribution in [0.4, 0.5) is 10.5 Å². The fourth-order valence-electron chi connectivity index (χ4n) is 3.22. The molecule has 2 aliphatic heterocycles. The Morgan fingerprint density at radius 1 is 1.10 bits per heavy atom. The van der Waals surface area contributed by atoms with Crippen molar-refractivity contribution in [2.75, 3.05) is 63.6 Å². The number of sulfonamides is 1. The quantitative estimate of drug-likeness (QED) is 0.509. The Morgan fingerprint density at radius 3 is 2.50 bits per heavy atom. The van der Waals surface area contributed by atoms with E-state index in [4.69, 9.17) is 4.74 Å². The summed E-state index contributed by atoms with van der Waals surface area (Å²) < 4.78 is 32.8. The number of nitrogens with one attached hydrogen (secondary N) is 2. The summed E-state index contributed by atoms with van der Waals surface area (Å²) in [5, 5.41) is 2.74. The molecule has 9 nitrogen and oxygen atoms in total. The maximum atomic E-state index is 12.4. The third kappa shape index (κ3) is 6.95. The van der Waals surface area contributed by atoms with Gasteiger partial charge in [-0.2, -0.15) is 0 Å². The predicted molar refractivity (Wildman–Crippen MR) is 116 cm³/mol. The van der Waals surface area contributed by atoms with Gasteiger partial charge in [-0.3, -0.25) is 14.5 Å². The zero-order valence-electron chi connectivity index (χ0n) is 16.8. The number of amides is 2. The molecule has 1 aromatic rings. The Morgan fingerprint density at radius 2 is 1.83 bits per heavy atom. The number of benzene rings is 1. The van der Waals surface area contributed by atoms with Crippen LogP contribution in [0.25, 0.3) is 0 Å². The normalized spacial score (nSPS) is 18.0. The number of hydrogen-bond donors (Lipinski definition) is 2. The fourth-order valence-corrected chi connectivity index (χ4v) is 5.15. The van der Waals surface area contributed by atoms with E-state index in [9.17, 15) is 18.0 Å². The molecule has 2 fully saturated rings. The molecular weight excluding hydrogens is 428 g/mol. The van der Waals surface area contributed by atoms with Crippen molar-refractivity contribution < 1.29 is 22.7 Å². The van der Waals surface area contributed by atoms with Crippen LogP contribution in [-0.4, -0.2) is 87.6 Å². The first-order valence-electron chi connectivity index (χ1n) is 10.1. The summed E-state index contributed by atoms with van der Waals surface area (Å²) in [6.45, 7) is 5.47. The van der Waals surface area contributed by atoms with Crippen LogP contribution in [0, 0.1) is 0 Å². The van der Waals surface area contributed by atoms with E-state index in [2.05, 4.69) is 14.9 Å². The van der Waals surface area contributed by atoms with Crippen molar-refractivity contribution in [3.8, 4) is 0 Å². The second-order valence-electron chi connectivity index (χ2n) is 7.13. The highest BCUT2D eigenvalue weighted by Gasteiger charge is 2.21. The Hall–Kier alpha value is -1.66. The maximum absolute atomic E-state index is 12.4. The summed E-state index contributed by atoms with van der Waals surface area (Å²) in [6.07, 6.45) is 0.933. The Balaban J connectivity index is 1.40. The van der Waals surface area contributed by atoms with Gasteiger partial charge in [0, 0.05) is 50.6 Å². The highest BCUT2D eigenvalue weighted by Crippen LogP contribution is 2.18. The van der Waals surface area contributed by atoms with E-state index in [1.807, 2.05) is 0 Å². The zero-order valence-corrected chi connectivity index (χ0v) is 18.5. The molecule has 2 amide bonds. The topological polar surface area (TPSA) is 108 Å². The van der Waals surface area contributed by atoms with Crippen molar-refractivity contribution in [1.29, 1.82) is 0 Å². The summed E-state index contributed by atoms with van der Waals surface area (Å²) in [4.78, 5) is 27.7. The molecule has 2 N–H and O–H groups in total. The summed E-state index contributed by atoms with van der Waals surface area (Å²) in [5.74, 6) is 0.550. The number of anilines is 1.